The number of nitrogens with zero attached hydrogens (tertiary/aromatic N) is 3. The fourth-order valence-corrected chi connectivity index (χ4v) is 5.72. The molecule has 0 radical (unpaired) electrons. The highest BCUT2D eigenvalue weighted by atomic mass is 32.1. The molecule has 3 heterocycles. The first-order chi connectivity index (χ1) is 16.0. The van der Waals surface area contributed by atoms with Crippen molar-refractivity contribution < 1.29 is 9.53 Å². The Morgan fingerprint density at radius 2 is 1.88 bits per heavy atom. The first kappa shape index (κ1) is 22.2. The smallest absolute Gasteiger partial charge is 0.225 e. The van der Waals surface area contributed by atoms with Crippen molar-refractivity contribution in [1.29, 1.82) is 0 Å². The third kappa shape index (κ3) is 4.70. The van der Waals surface area contributed by atoms with E-state index >= 15 is 0 Å². The Morgan fingerprint density at radius 1 is 1.06 bits per heavy atom. The molecule has 0 bridgehead atoms. The number of ether oxygens (including phenoxy) is 1. The van der Waals surface area contributed by atoms with Crippen LogP contribution in [0.4, 0.5) is 11.5 Å². The van der Waals surface area contributed by atoms with E-state index < -0.39 is 0 Å². The summed E-state index contributed by atoms with van der Waals surface area (Å²) in [6.45, 7) is 10.2. The molecule has 33 heavy (non-hydrogen) atoms. The van der Waals surface area contributed by atoms with Gasteiger partial charge in [-0.3, -0.25) is 9.69 Å². The number of carbonyl (C=O) groups excluding carboxylic acids is 1. The number of hydrogen-bond donors (Lipinski definition) is 1. The van der Waals surface area contributed by atoms with Gasteiger partial charge in [-0.2, -0.15) is 4.37 Å². The van der Waals surface area contributed by atoms with Crippen molar-refractivity contribution in [2.24, 2.45) is 0 Å². The van der Waals surface area contributed by atoms with E-state index in [-0.39, 0.29) is 11.3 Å². The van der Waals surface area contributed by atoms with Gasteiger partial charge < -0.3 is 15.0 Å². The number of nitrogens with one attached hydrogen (secondary N) is 1. The van der Waals surface area contributed by atoms with E-state index in [1.165, 1.54) is 10.1 Å². The number of piperazine rings is 1. The zero-order valence-corrected chi connectivity index (χ0v) is 20.3. The first-order valence-corrected chi connectivity index (χ1v) is 12.7. The fourth-order valence-electron chi connectivity index (χ4n) is 4.93. The summed E-state index contributed by atoms with van der Waals surface area (Å²) in [5.41, 5.74) is 1.85. The summed E-state index contributed by atoms with van der Waals surface area (Å²) < 4.78 is 12.1. The van der Waals surface area contributed by atoms with Crippen LogP contribution in [0.5, 0.6) is 5.75 Å². The molecule has 7 heteroatoms. The van der Waals surface area contributed by atoms with Gasteiger partial charge in [0.25, 0.3) is 0 Å². The van der Waals surface area contributed by atoms with Gasteiger partial charge in [0, 0.05) is 43.4 Å². The van der Waals surface area contributed by atoms with Gasteiger partial charge in [-0.15, -0.1) is 0 Å². The van der Waals surface area contributed by atoms with Crippen LogP contribution in [0.1, 0.15) is 38.7 Å². The number of rotatable bonds is 7. The van der Waals surface area contributed by atoms with Crippen LogP contribution in [0.25, 0.3) is 10.1 Å². The molecule has 2 aliphatic rings. The predicted octanol–water partition coefficient (Wildman–Crippen LogP) is 4.90. The lowest BCUT2D eigenvalue weighted by atomic mass is 9.78. The highest BCUT2D eigenvalue weighted by molar-refractivity contribution is 7.13. The van der Waals surface area contributed by atoms with E-state index in [4.69, 9.17) is 9.11 Å². The SMILES string of the molecule is CC1(C)CC(=O)Nc2c(OCCCCN3CCN(c4nsc5ccccc45)CC3)cccc21. The van der Waals surface area contributed by atoms with Gasteiger partial charge in [-0.25, -0.2) is 0 Å². The van der Waals surface area contributed by atoms with Gasteiger partial charge in [0.1, 0.15) is 11.6 Å². The number of para-hydroxylation sites is 1. The number of amides is 1. The Morgan fingerprint density at radius 3 is 2.73 bits per heavy atom. The number of fused-ring (bicyclic) bond motifs is 2. The molecule has 1 fully saturated rings. The van der Waals surface area contributed by atoms with Crippen molar-refractivity contribution >= 4 is 39.0 Å². The highest BCUT2D eigenvalue weighted by Crippen LogP contribution is 2.42. The number of benzene rings is 2. The largest absolute Gasteiger partial charge is 0.491 e. The summed E-state index contributed by atoms with van der Waals surface area (Å²) in [6.07, 6.45) is 2.61. The molecular weight excluding hydrogens is 432 g/mol. The molecule has 6 nitrogen and oxygen atoms in total. The van der Waals surface area contributed by atoms with E-state index in [1.54, 1.807) is 11.5 Å². The second kappa shape index (κ2) is 9.31. The number of aromatic nitrogens is 1. The summed E-state index contributed by atoms with van der Waals surface area (Å²) in [4.78, 5) is 17.1. The van der Waals surface area contributed by atoms with Crippen LogP contribution in [0, 0.1) is 0 Å². The molecule has 3 aromatic rings. The maximum atomic E-state index is 12.1. The van der Waals surface area contributed by atoms with Gasteiger partial charge >= 0.3 is 0 Å². The van der Waals surface area contributed by atoms with Crippen molar-refractivity contribution in [2.45, 2.75) is 38.5 Å². The molecule has 0 aliphatic carbocycles. The minimum atomic E-state index is -0.163. The van der Waals surface area contributed by atoms with Crippen molar-refractivity contribution in [1.82, 2.24) is 9.27 Å². The van der Waals surface area contributed by atoms with Crippen LogP contribution < -0.4 is 15.0 Å². The standard InChI is InChI=1S/C26H32N4O2S/c1-26(2)18-23(31)27-24-20(26)9-7-10-21(24)32-17-6-5-12-29-13-15-30(16-14-29)25-19-8-3-4-11-22(19)33-28-25/h3-4,7-11H,5-6,12-18H2,1-2H3,(H,27,31). The number of carbonyl (C=O) groups is 1. The lowest BCUT2D eigenvalue weighted by Crippen LogP contribution is -2.46. The molecule has 1 aromatic heterocycles. The van der Waals surface area contributed by atoms with Crippen LogP contribution in [0.15, 0.2) is 42.5 Å². The molecular formula is C26H32N4O2S. The van der Waals surface area contributed by atoms with Crippen LogP contribution in [0.2, 0.25) is 0 Å². The van der Waals surface area contributed by atoms with Crippen molar-refractivity contribution in [2.75, 3.05) is 49.5 Å². The lowest BCUT2D eigenvalue weighted by Gasteiger charge is -2.35. The Hall–Kier alpha value is -2.64. The Labute approximate surface area is 199 Å². The van der Waals surface area contributed by atoms with Crippen molar-refractivity contribution in [3.63, 3.8) is 0 Å². The monoisotopic (exact) mass is 464 g/mol. The van der Waals surface area contributed by atoms with E-state index in [9.17, 15) is 4.79 Å². The van der Waals surface area contributed by atoms with Crippen LogP contribution >= 0.6 is 11.5 Å². The Balaban J connectivity index is 1.07. The molecule has 1 saturated heterocycles. The predicted molar refractivity (Wildman–Crippen MR) is 136 cm³/mol. The maximum absolute atomic E-state index is 12.1. The molecule has 5 rings (SSSR count). The van der Waals surface area contributed by atoms with E-state index in [1.807, 2.05) is 12.1 Å². The minimum absolute atomic E-state index is 0.0633. The van der Waals surface area contributed by atoms with Gasteiger partial charge in [-0.1, -0.05) is 38.1 Å². The Bertz CT molecular complexity index is 1130. The van der Waals surface area contributed by atoms with Crippen molar-refractivity contribution in [3.8, 4) is 5.75 Å². The number of anilines is 2. The second-order valence-corrected chi connectivity index (χ2v) is 10.5. The lowest BCUT2D eigenvalue weighted by molar-refractivity contribution is -0.117. The van der Waals surface area contributed by atoms with E-state index in [2.05, 4.69) is 59.3 Å². The Kier molecular flexibility index (Phi) is 6.25. The third-order valence-corrected chi connectivity index (χ3v) is 7.60. The molecule has 0 atom stereocenters. The molecule has 0 saturated carbocycles. The summed E-state index contributed by atoms with van der Waals surface area (Å²) in [6, 6.07) is 14.6. The minimum Gasteiger partial charge on any atom is -0.491 e. The van der Waals surface area contributed by atoms with Gasteiger partial charge in [0.15, 0.2) is 0 Å². The maximum Gasteiger partial charge on any atom is 0.225 e. The van der Waals surface area contributed by atoms with Gasteiger partial charge in [0.05, 0.1) is 17.0 Å². The second-order valence-electron chi connectivity index (χ2n) is 9.67. The first-order valence-electron chi connectivity index (χ1n) is 11.9. The zero-order valence-electron chi connectivity index (χ0n) is 19.5. The van der Waals surface area contributed by atoms with Crippen molar-refractivity contribution in [3.05, 3.63) is 48.0 Å². The number of hydrogen-bond acceptors (Lipinski definition) is 6. The third-order valence-electron chi connectivity index (χ3n) is 6.78. The van der Waals surface area contributed by atoms with E-state index in [0.29, 0.717) is 13.0 Å². The van der Waals surface area contributed by atoms with Gasteiger partial charge in [0.2, 0.25) is 5.91 Å². The number of unbranched alkanes of at least 4 members (excludes halogenated alkanes) is 1. The fraction of sp³-hybridized carbons (Fsp3) is 0.462. The molecule has 2 aromatic carbocycles. The normalized spacial score (nSPS) is 18.2. The summed E-state index contributed by atoms with van der Waals surface area (Å²) >= 11 is 1.59. The summed E-state index contributed by atoms with van der Waals surface area (Å²) in [5.74, 6) is 2.00. The van der Waals surface area contributed by atoms with Crippen LogP contribution in [-0.4, -0.2) is 54.5 Å². The average Bonchev–Trinajstić information content (AvgIpc) is 3.23. The molecule has 0 unspecified atom stereocenters. The highest BCUT2D eigenvalue weighted by Gasteiger charge is 2.33. The summed E-state index contributed by atoms with van der Waals surface area (Å²) in [5, 5.41) is 4.30. The zero-order chi connectivity index (χ0) is 22.8. The van der Waals surface area contributed by atoms with Crippen LogP contribution in [0.3, 0.4) is 0 Å². The quantitative estimate of drug-likeness (QED) is 0.504. The molecule has 1 amide bonds. The summed E-state index contributed by atoms with van der Waals surface area (Å²) in [7, 11) is 0. The average molecular weight is 465 g/mol. The van der Waals surface area contributed by atoms with E-state index in [0.717, 1.165) is 68.4 Å². The van der Waals surface area contributed by atoms with Crippen LogP contribution in [-0.2, 0) is 10.2 Å². The molecule has 2 aliphatic heterocycles. The molecule has 1 N–H and O–H groups in total. The molecule has 0 spiro atoms. The topological polar surface area (TPSA) is 57.7 Å². The van der Waals surface area contributed by atoms with Gasteiger partial charge in [-0.05, 0) is 54.7 Å². The molecule has 174 valence electrons.